The zero-order valence-corrected chi connectivity index (χ0v) is 10.1. The molecule has 0 amide bonds. The van der Waals surface area contributed by atoms with E-state index in [1.54, 1.807) is 24.4 Å². The lowest BCUT2D eigenvalue weighted by Gasteiger charge is -2.00. The zero-order chi connectivity index (χ0) is 11.5. The Bertz CT molecular complexity index is 496. The SMILES string of the molecule is CNCc1ncc(-c2cc(Cl)ccc2Cl)o1. The molecule has 1 heterocycles. The van der Waals surface area contributed by atoms with Crippen LogP contribution in [-0.2, 0) is 6.54 Å². The molecule has 0 aliphatic carbocycles. The van der Waals surface area contributed by atoms with E-state index in [0.717, 1.165) is 5.56 Å². The minimum absolute atomic E-state index is 0.582. The van der Waals surface area contributed by atoms with Crippen LogP contribution >= 0.6 is 23.2 Å². The fourth-order valence-electron chi connectivity index (χ4n) is 1.35. The van der Waals surface area contributed by atoms with Crippen LogP contribution < -0.4 is 5.32 Å². The molecule has 2 aromatic rings. The van der Waals surface area contributed by atoms with Crippen LogP contribution in [0.3, 0.4) is 0 Å². The van der Waals surface area contributed by atoms with E-state index in [1.165, 1.54) is 0 Å². The number of rotatable bonds is 3. The van der Waals surface area contributed by atoms with Gasteiger partial charge < -0.3 is 9.73 Å². The Hall–Kier alpha value is -1.03. The largest absolute Gasteiger partial charge is 0.439 e. The summed E-state index contributed by atoms with van der Waals surface area (Å²) >= 11 is 12.0. The quantitative estimate of drug-likeness (QED) is 0.916. The number of halogens is 2. The average Bonchev–Trinajstić information content (AvgIpc) is 2.71. The van der Waals surface area contributed by atoms with Gasteiger partial charge in [-0.15, -0.1) is 0 Å². The van der Waals surface area contributed by atoms with E-state index in [9.17, 15) is 0 Å². The third kappa shape index (κ3) is 2.38. The minimum atomic E-state index is 0.582. The molecule has 3 nitrogen and oxygen atoms in total. The van der Waals surface area contributed by atoms with Gasteiger partial charge in [0.25, 0.3) is 0 Å². The average molecular weight is 257 g/mol. The van der Waals surface area contributed by atoms with Crippen molar-refractivity contribution in [2.45, 2.75) is 6.54 Å². The van der Waals surface area contributed by atoms with Crippen molar-refractivity contribution in [2.24, 2.45) is 0 Å². The number of benzene rings is 1. The summed E-state index contributed by atoms with van der Waals surface area (Å²) in [5, 5.41) is 4.17. The standard InChI is InChI=1S/C11H10Cl2N2O/c1-14-6-11-15-5-10(16-11)8-4-7(12)2-3-9(8)13/h2-5,14H,6H2,1H3. The van der Waals surface area contributed by atoms with Crippen molar-refractivity contribution in [1.29, 1.82) is 0 Å². The highest BCUT2D eigenvalue weighted by molar-refractivity contribution is 6.35. The van der Waals surface area contributed by atoms with Gasteiger partial charge >= 0.3 is 0 Å². The summed E-state index contributed by atoms with van der Waals surface area (Å²) in [4.78, 5) is 4.12. The third-order valence-corrected chi connectivity index (χ3v) is 2.64. The van der Waals surface area contributed by atoms with Crippen molar-refractivity contribution < 1.29 is 4.42 Å². The second kappa shape index (κ2) is 4.87. The van der Waals surface area contributed by atoms with Gasteiger partial charge in [-0.2, -0.15) is 0 Å². The maximum Gasteiger partial charge on any atom is 0.208 e. The van der Waals surface area contributed by atoms with Gasteiger partial charge in [-0.05, 0) is 25.2 Å². The molecule has 1 aromatic heterocycles. The molecular weight excluding hydrogens is 247 g/mol. The van der Waals surface area contributed by atoms with E-state index >= 15 is 0 Å². The van der Waals surface area contributed by atoms with Gasteiger partial charge in [0.1, 0.15) is 0 Å². The van der Waals surface area contributed by atoms with Crippen LogP contribution in [0.4, 0.5) is 0 Å². The first-order valence-electron chi connectivity index (χ1n) is 4.75. The fourth-order valence-corrected chi connectivity index (χ4v) is 1.74. The van der Waals surface area contributed by atoms with Crippen LogP contribution in [0.5, 0.6) is 0 Å². The maximum atomic E-state index is 6.06. The smallest absolute Gasteiger partial charge is 0.208 e. The van der Waals surface area contributed by atoms with E-state index in [1.807, 2.05) is 7.05 Å². The molecule has 0 aliphatic rings. The number of oxazole rings is 1. The fraction of sp³-hybridized carbons (Fsp3) is 0.182. The Morgan fingerprint density at radius 1 is 1.38 bits per heavy atom. The Labute approximate surface area is 103 Å². The maximum absolute atomic E-state index is 6.06. The van der Waals surface area contributed by atoms with Gasteiger partial charge in [0.15, 0.2) is 5.76 Å². The van der Waals surface area contributed by atoms with Crippen molar-refractivity contribution in [3.05, 3.63) is 40.3 Å². The summed E-state index contributed by atoms with van der Waals surface area (Å²) in [6, 6.07) is 5.23. The molecule has 2 rings (SSSR count). The highest BCUT2D eigenvalue weighted by atomic mass is 35.5. The molecule has 0 spiro atoms. The number of aromatic nitrogens is 1. The van der Waals surface area contributed by atoms with Crippen molar-refractivity contribution in [3.63, 3.8) is 0 Å². The summed E-state index contributed by atoms with van der Waals surface area (Å²) < 4.78 is 5.53. The highest BCUT2D eigenvalue weighted by Crippen LogP contribution is 2.30. The molecule has 0 unspecified atom stereocenters. The molecular formula is C11H10Cl2N2O. The number of hydrogen-bond acceptors (Lipinski definition) is 3. The van der Waals surface area contributed by atoms with Gasteiger partial charge in [0.05, 0.1) is 17.8 Å². The van der Waals surface area contributed by atoms with Crippen LogP contribution in [0, 0.1) is 0 Å². The van der Waals surface area contributed by atoms with Crippen molar-refractivity contribution in [1.82, 2.24) is 10.3 Å². The topological polar surface area (TPSA) is 38.1 Å². The first-order chi connectivity index (χ1) is 7.70. The Kier molecular flexibility index (Phi) is 3.49. The molecule has 0 aliphatic heterocycles. The van der Waals surface area contributed by atoms with Crippen LogP contribution in [-0.4, -0.2) is 12.0 Å². The monoisotopic (exact) mass is 256 g/mol. The molecule has 5 heteroatoms. The zero-order valence-electron chi connectivity index (χ0n) is 8.63. The molecule has 0 bridgehead atoms. The lowest BCUT2D eigenvalue weighted by molar-refractivity contribution is 0.491. The summed E-state index contributed by atoms with van der Waals surface area (Å²) in [6.45, 7) is 0.582. The van der Waals surface area contributed by atoms with Crippen LogP contribution in [0.1, 0.15) is 5.89 Å². The molecule has 1 aromatic carbocycles. The number of nitrogens with one attached hydrogen (secondary N) is 1. The first-order valence-corrected chi connectivity index (χ1v) is 5.51. The molecule has 84 valence electrons. The predicted molar refractivity (Wildman–Crippen MR) is 64.7 cm³/mol. The minimum Gasteiger partial charge on any atom is -0.439 e. The summed E-state index contributed by atoms with van der Waals surface area (Å²) in [6.07, 6.45) is 1.64. The number of nitrogens with zero attached hydrogens (tertiary/aromatic N) is 1. The molecule has 16 heavy (non-hydrogen) atoms. The molecule has 0 radical (unpaired) electrons. The van der Waals surface area contributed by atoms with Gasteiger partial charge in [-0.3, -0.25) is 0 Å². The summed E-state index contributed by atoms with van der Waals surface area (Å²) in [5.74, 6) is 1.24. The van der Waals surface area contributed by atoms with Gasteiger partial charge in [-0.1, -0.05) is 23.2 Å². The third-order valence-electron chi connectivity index (χ3n) is 2.08. The van der Waals surface area contributed by atoms with E-state index in [0.29, 0.717) is 28.2 Å². The van der Waals surface area contributed by atoms with E-state index in [4.69, 9.17) is 27.6 Å². The Morgan fingerprint density at radius 3 is 2.94 bits per heavy atom. The summed E-state index contributed by atoms with van der Waals surface area (Å²) in [7, 11) is 1.83. The number of hydrogen-bond donors (Lipinski definition) is 1. The van der Waals surface area contributed by atoms with Crippen LogP contribution in [0.2, 0.25) is 10.0 Å². The van der Waals surface area contributed by atoms with Gasteiger partial charge in [0, 0.05) is 10.6 Å². The molecule has 1 N–H and O–H groups in total. The van der Waals surface area contributed by atoms with Crippen molar-refractivity contribution in [2.75, 3.05) is 7.05 Å². The van der Waals surface area contributed by atoms with Crippen molar-refractivity contribution >= 4 is 23.2 Å². The lowest BCUT2D eigenvalue weighted by atomic mass is 10.2. The van der Waals surface area contributed by atoms with Gasteiger partial charge in [0.2, 0.25) is 5.89 Å². The van der Waals surface area contributed by atoms with E-state index in [-0.39, 0.29) is 0 Å². The summed E-state index contributed by atoms with van der Waals surface area (Å²) in [5.41, 5.74) is 0.754. The molecule has 0 saturated heterocycles. The normalized spacial score (nSPS) is 10.7. The van der Waals surface area contributed by atoms with E-state index < -0.39 is 0 Å². The Balaban J connectivity index is 2.38. The van der Waals surface area contributed by atoms with E-state index in [2.05, 4.69) is 10.3 Å². The highest BCUT2D eigenvalue weighted by Gasteiger charge is 2.10. The second-order valence-corrected chi connectivity index (χ2v) is 4.12. The first kappa shape index (κ1) is 11.5. The van der Waals surface area contributed by atoms with Gasteiger partial charge in [-0.25, -0.2) is 4.98 Å². The van der Waals surface area contributed by atoms with Crippen LogP contribution in [0.15, 0.2) is 28.8 Å². The Morgan fingerprint density at radius 2 is 2.19 bits per heavy atom. The second-order valence-electron chi connectivity index (χ2n) is 3.27. The molecule has 0 atom stereocenters. The van der Waals surface area contributed by atoms with Crippen LogP contribution in [0.25, 0.3) is 11.3 Å². The predicted octanol–water partition coefficient (Wildman–Crippen LogP) is 3.37. The van der Waals surface area contributed by atoms with Crippen molar-refractivity contribution in [3.8, 4) is 11.3 Å². The molecule has 0 fully saturated rings. The molecule has 0 saturated carbocycles. The lowest BCUT2D eigenvalue weighted by Crippen LogP contribution is -2.04.